The first-order valence-electron chi connectivity index (χ1n) is 6.61. The zero-order valence-corrected chi connectivity index (χ0v) is 11.8. The van der Waals surface area contributed by atoms with Gasteiger partial charge >= 0.3 is 0 Å². The van der Waals surface area contributed by atoms with Gasteiger partial charge in [0.15, 0.2) is 0 Å². The van der Waals surface area contributed by atoms with Gasteiger partial charge in [-0.1, -0.05) is 23.8 Å². The van der Waals surface area contributed by atoms with Gasteiger partial charge in [0, 0.05) is 0 Å². The number of aliphatic hydroxyl groups excluding tert-OH is 1. The van der Waals surface area contributed by atoms with Crippen molar-refractivity contribution in [1.29, 1.82) is 0 Å². The molecule has 3 atom stereocenters. The van der Waals surface area contributed by atoms with Crippen molar-refractivity contribution in [1.82, 2.24) is 0 Å². The van der Waals surface area contributed by atoms with Crippen molar-refractivity contribution in [3.8, 4) is 0 Å². The van der Waals surface area contributed by atoms with Gasteiger partial charge in [0.1, 0.15) is 6.10 Å². The molecule has 0 aliphatic heterocycles. The van der Waals surface area contributed by atoms with Crippen LogP contribution in [0.2, 0.25) is 0 Å². The highest BCUT2D eigenvalue weighted by molar-refractivity contribution is 5.12. The highest BCUT2D eigenvalue weighted by atomic mass is 16.3. The number of rotatable bonds is 4. The van der Waals surface area contributed by atoms with Crippen LogP contribution in [0.3, 0.4) is 0 Å². The lowest BCUT2D eigenvalue weighted by atomic mass is 9.78. The van der Waals surface area contributed by atoms with Crippen LogP contribution in [-0.2, 0) is 0 Å². The molecule has 3 nitrogen and oxygen atoms in total. The molecule has 18 heavy (non-hydrogen) atoms. The second-order valence-electron chi connectivity index (χ2n) is 6.21. The zero-order valence-electron chi connectivity index (χ0n) is 11.8. The van der Waals surface area contributed by atoms with Gasteiger partial charge in [0.2, 0.25) is 0 Å². The Morgan fingerprint density at radius 3 is 2.39 bits per heavy atom. The molecule has 0 aromatic rings. The van der Waals surface area contributed by atoms with Crippen LogP contribution < -0.4 is 0 Å². The molecule has 1 aliphatic carbocycles. The van der Waals surface area contributed by atoms with E-state index in [2.05, 4.69) is 13.0 Å². The summed E-state index contributed by atoms with van der Waals surface area (Å²) in [5, 5.41) is 29.8. The van der Waals surface area contributed by atoms with Crippen molar-refractivity contribution in [3.05, 3.63) is 23.8 Å². The predicted octanol–water partition coefficient (Wildman–Crippen LogP) is 2.17. The molecule has 1 rings (SSSR count). The minimum Gasteiger partial charge on any atom is -0.387 e. The van der Waals surface area contributed by atoms with E-state index in [1.807, 2.05) is 0 Å². The van der Waals surface area contributed by atoms with Crippen molar-refractivity contribution in [2.24, 2.45) is 5.92 Å². The molecule has 0 fully saturated rings. The smallest absolute Gasteiger partial charge is 0.100 e. The number of hydrogen-bond donors (Lipinski definition) is 3. The van der Waals surface area contributed by atoms with Crippen molar-refractivity contribution >= 4 is 0 Å². The van der Waals surface area contributed by atoms with E-state index in [0.29, 0.717) is 0 Å². The van der Waals surface area contributed by atoms with Crippen molar-refractivity contribution in [2.75, 3.05) is 0 Å². The lowest BCUT2D eigenvalue weighted by Gasteiger charge is -2.33. The quantitative estimate of drug-likeness (QED) is 0.674. The van der Waals surface area contributed by atoms with Crippen molar-refractivity contribution in [2.45, 2.75) is 64.3 Å². The van der Waals surface area contributed by atoms with Crippen LogP contribution in [0.4, 0.5) is 0 Å². The van der Waals surface area contributed by atoms with Gasteiger partial charge in [-0.15, -0.1) is 0 Å². The third-order valence-corrected chi connectivity index (χ3v) is 3.80. The lowest BCUT2D eigenvalue weighted by molar-refractivity contribution is -0.0245. The number of aliphatic hydroxyl groups is 3. The van der Waals surface area contributed by atoms with Gasteiger partial charge in [0.25, 0.3) is 0 Å². The molecule has 104 valence electrons. The van der Waals surface area contributed by atoms with E-state index >= 15 is 0 Å². The van der Waals surface area contributed by atoms with E-state index in [-0.39, 0.29) is 5.92 Å². The average molecular weight is 254 g/mol. The van der Waals surface area contributed by atoms with E-state index in [0.717, 1.165) is 19.3 Å². The van der Waals surface area contributed by atoms with Gasteiger partial charge < -0.3 is 15.3 Å². The first kappa shape index (κ1) is 15.4. The van der Waals surface area contributed by atoms with Crippen molar-refractivity contribution in [3.63, 3.8) is 0 Å². The summed E-state index contributed by atoms with van der Waals surface area (Å²) >= 11 is 0. The molecule has 0 heterocycles. The monoisotopic (exact) mass is 254 g/mol. The summed E-state index contributed by atoms with van der Waals surface area (Å²) in [7, 11) is 0. The minimum atomic E-state index is -1.18. The van der Waals surface area contributed by atoms with E-state index < -0.39 is 17.3 Å². The first-order valence-corrected chi connectivity index (χ1v) is 6.61. The molecule has 0 aromatic carbocycles. The summed E-state index contributed by atoms with van der Waals surface area (Å²) in [5.41, 5.74) is -0.749. The Balaban J connectivity index is 2.67. The second kappa shape index (κ2) is 5.55. The predicted molar refractivity (Wildman–Crippen MR) is 73.2 cm³/mol. The first-order chi connectivity index (χ1) is 8.13. The summed E-state index contributed by atoms with van der Waals surface area (Å²) in [6.45, 7) is 6.96. The van der Waals surface area contributed by atoms with Crippen LogP contribution in [-0.4, -0.2) is 32.6 Å². The van der Waals surface area contributed by atoms with Crippen LogP contribution in [0.15, 0.2) is 23.8 Å². The maximum Gasteiger partial charge on any atom is 0.100 e. The third-order valence-electron chi connectivity index (χ3n) is 3.80. The molecular weight excluding hydrogens is 228 g/mol. The molecule has 0 amide bonds. The largest absolute Gasteiger partial charge is 0.387 e. The van der Waals surface area contributed by atoms with Gasteiger partial charge in [-0.2, -0.15) is 0 Å². The summed E-state index contributed by atoms with van der Waals surface area (Å²) in [5.74, 6) is 0.173. The molecule has 0 unspecified atom stereocenters. The minimum absolute atomic E-state index is 0.173. The molecule has 0 spiro atoms. The Hall–Kier alpha value is -0.640. The highest BCUT2D eigenvalue weighted by Crippen LogP contribution is 2.33. The topological polar surface area (TPSA) is 60.7 Å². The van der Waals surface area contributed by atoms with Crippen LogP contribution in [0.25, 0.3) is 0 Å². The summed E-state index contributed by atoms with van der Waals surface area (Å²) in [6, 6.07) is 0. The number of hydrogen-bond acceptors (Lipinski definition) is 3. The maximum absolute atomic E-state index is 10.4. The zero-order chi connectivity index (χ0) is 14.0. The normalized spacial score (nSPS) is 26.8. The Labute approximate surface area is 110 Å². The molecule has 0 bridgehead atoms. The molecule has 3 N–H and O–H groups in total. The van der Waals surface area contributed by atoms with Gasteiger partial charge in [-0.05, 0) is 52.9 Å². The van der Waals surface area contributed by atoms with Crippen LogP contribution in [0, 0.1) is 5.92 Å². The highest BCUT2D eigenvalue weighted by Gasteiger charge is 2.31. The maximum atomic E-state index is 10.4. The van der Waals surface area contributed by atoms with Gasteiger partial charge in [-0.25, -0.2) is 0 Å². The Bertz CT molecular complexity index is 334. The van der Waals surface area contributed by atoms with Crippen LogP contribution in [0.1, 0.15) is 47.0 Å². The standard InChI is InChI=1S/C15H26O3/c1-11-5-7-12(8-6-11)15(4,18)10-9-13(16)14(2,3)17/h5,9-10,12-13,16-18H,6-8H2,1-4H3/b10-9+/t12-,13+,15+/m0/s1. The molecule has 1 aliphatic rings. The molecule has 0 saturated heterocycles. The van der Waals surface area contributed by atoms with Crippen LogP contribution >= 0.6 is 0 Å². The molecule has 0 saturated carbocycles. The molecule has 3 heteroatoms. The number of allylic oxidation sites excluding steroid dienone is 2. The van der Waals surface area contributed by atoms with E-state index in [1.54, 1.807) is 26.8 Å². The lowest BCUT2D eigenvalue weighted by Crippen LogP contribution is -2.37. The fraction of sp³-hybridized carbons (Fsp3) is 0.733. The Kier molecular flexibility index (Phi) is 4.76. The fourth-order valence-electron chi connectivity index (χ4n) is 2.15. The molecular formula is C15H26O3. The van der Waals surface area contributed by atoms with E-state index in [4.69, 9.17) is 0 Å². The molecule has 0 aromatic heterocycles. The second-order valence-corrected chi connectivity index (χ2v) is 6.21. The van der Waals surface area contributed by atoms with E-state index in [9.17, 15) is 15.3 Å². The Morgan fingerprint density at radius 2 is 1.94 bits per heavy atom. The van der Waals surface area contributed by atoms with Crippen LogP contribution in [0.5, 0.6) is 0 Å². The van der Waals surface area contributed by atoms with Gasteiger partial charge in [0.05, 0.1) is 11.2 Å². The fourth-order valence-corrected chi connectivity index (χ4v) is 2.15. The summed E-state index contributed by atoms with van der Waals surface area (Å²) < 4.78 is 0. The molecule has 0 radical (unpaired) electrons. The Morgan fingerprint density at radius 1 is 1.33 bits per heavy atom. The summed E-state index contributed by atoms with van der Waals surface area (Å²) in [4.78, 5) is 0. The third kappa shape index (κ3) is 4.23. The summed E-state index contributed by atoms with van der Waals surface area (Å²) in [6.07, 6.45) is 7.15. The van der Waals surface area contributed by atoms with Gasteiger partial charge in [-0.3, -0.25) is 0 Å². The SMILES string of the molecule is CC1=CC[C@H]([C@](C)(O)/C=C/[C@@H](O)C(C)(C)O)CC1. The average Bonchev–Trinajstić information content (AvgIpc) is 2.25. The van der Waals surface area contributed by atoms with E-state index in [1.165, 1.54) is 11.6 Å². The van der Waals surface area contributed by atoms with Crippen molar-refractivity contribution < 1.29 is 15.3 Å².